The van der Waals surface area contributed by atoms with Gasteiger partial charge in [-0.05, 0) is 32.5 Å². The molecule has 5 nitrogen and oxygen atoms in total. The van der Waals surface area contributed by atoms with Crippen molar-refractivity contribution in [3.63, 3.8) is 0 Å². The molecule has 1 saturated heterocycles. The third-order valence-corrected chi connectivity index (χ3v) is 3.27. The molecule has 5 heteroatoms. The summed E-state index contributed by atoms with van der Waals surface area (Å²) in [4.78, 5) is 10.9. The Morgan fingerprint density at radius 2 is 2.47 bits per heavy atom. The van der Waals surface area contributed by atoms with Crippen LogP contribution in [0.15, 0.2) is 12.3 Å². The number of hydrogen-bond donors (Lipinski definition) is 2. The van der Waals surface area contributed by atoms with E-state index in [0.29, 0.717) is 11.7 Å². The Morgan fingerprint density at radius 3 is 3.18 bits per heavy atom. The fourth-order valence-electron chi connectivity index (χ4n) is 2.28. The Labute approximate surface area is 102 Å². The average molecular weight is 236 g/mol. The van der Waals surface area contributed by atoms with E-state index < -0.39 is 6.04 Å². The number of aliphatic hydroxyl groups is 1. The maximum absolute atomic E-state index is 9.02. The SMILES string of the molecule is CN1CCCC(c2ccnc(C(N)CO)n2)C1. The summed E-state index contributed by atoms with van der Waals surface area (Å²) in [5.74, 6) is 1.000. The molecule has 0 bridgehead atoms. The van der Waals surface area contributed by atoms with Gasteiger partial charge in [0.15, 0.2) is 0 Å². The maximum atomic E-state index is 9.02. The molecular formula is C12H20N4O. The molecule has 3 N–H and O–H groups in total. The first-order valence-corrected chi connectivity index (χ1v) is 6.08. The second-order valence-corrected chi connectivity index (χ2v) is 4.73. The maximum Gasteiger partial charge on any atom is 0.147 e. The van der Waals surface area contributed by atoms with Crippen molar-refractivity contribution in [2.24, 2.45) is 5.73 Å². The summed E-state index contributed by atoms with van der Waals surface area (Å²) in [5.41, 5.74) is 6.78. The Kier molecular flexibility index (Phi) is 4.04. The second-order valence-electron chi connectivity index (χ2n) is 4.73. The van der Waals surface area contributed by atoms with Crippen LogP contribution in [0.25, 0.3) is 0 Å². The van der Waals surface area contributed by atoms with Crippen LogP contribution in [0.2, 0.25) is 0 Å². The lowest BCUT2D eigenvalue weighted by molar-refractivity contribution is 0.246. The lowest BCUT2D eigenvalue weighted by atomic mass is 9.95. The average Bonchev–Trinajstić information content (AvgIpc) is 2.38. The molecule has 1 aromatic rings. The number of aromatic nitrogens is 2. The highest BCUT2D eigenvalue weighted by molar-refractivity contribution is 5.11. The first kappa shape index (κ1) is 12.4. The predicted octanol–water partition coefficient (Wildman–Crippen LogP) is 0.278. The zero-order valence-electron chi connectivity index (χ0n) is 10.2. The number of hydrogen-bond acceptors (Lipinski definition) is 5. The highest BCUT2D eigenvalue weighted by atomic mass is 16.3. The van der Waals surface area contributed by atoms with Crippen LogP contribution in [0.4, 0.5) is 0 Å². The Hall–Kier alpha value is -1.04. The summed E-state index contributed by atoms with van der Waals surface area (Å²) in [6.45, 7) is 2.07. The first-order valence-electron chi connectivity index (χ1n) is 6.08. The largest absolute Gasteiger partial charge is 0.394 e. The van der Waals surface area contributed by atoms with Gasteiger partial charge in [-0.1, -0.05) is 0 Å². The van der Waals surface area contributed by atoms with Crippen molar-refractivity contribution in [2.75, 3.05) is 26.7 Å². The van der Waals surface area contributed by atoms with Crippen molar-refractivity contribution in [1.29, 1.82) is 0 Å². The van der Waals surface area contributed by atoms with E-state index in [1.54, 1.807) is 6.20 Å². The minimum atomic E-state index is -0.476. The van der Waals surface area contributed by atoms with Gasteiger partial charge in [0.25, 0.3) is 0 Å². The zero-order valence-corrected chi connectivity index (χ0v) is 10.2. The third kappa shape index (κ3) is 3.00. The molecule has 2 unspecified atom stereocenters. The van der Waals surface area contributed by atoms with E-state index in [2.05, 4.69) is 21.9 Å². The Balaban J connectivity index is 2.15. The topological polar surface area (TPSA) is 75.3 Å². The standard InChI is InChI=1S/C12H20N4O/c1-16-6-2-3-9(7-16)11-4-5-14-12(15-11)10(13)8-17/h4-5,9-10,17H,2-3,6-8,13H2,1H3. The molecule has 0 aromatic carbocycles. The third-order valence-electron chi connectivity index (χ3n) is 3.27. The van der Waals surface area contributed by atoms with E-state index in [0.717, 1.165) is 25.2 Å². The molecule has 1 fully saturated rings. The van der Waals surface area contributed by atoms with Crippen LogP contribution in [0.1, 0.15) is 36.3 Å². The molecular weight excluding hydrogens is 216 g/mol. The Bertz CT molecular complexity index is 371. The molecule has 0 radical (unpaired) electrons. The summed E-state index contributed by atoms with van der Waals surface area (Å²) >= 11 is 0. The monoisotopic (exact) mass is 236 g/mol. The molecule has 1 aromatic heterocycles. The molecule has 0 spiro atoms. The summed E-state index contributed by atoms with van der Waals surface area (Å²) in [6, 6.07) is 1.48. The lowest BCUT2D eigenvalue weighted by Gasteiger charge is -2.29. The van der Waals surface area contributed by atoms with Gasteiger partial charge < -0.3 is 15.7 Å². The number of piperidine rings is 1. The molecule has 1 aliphatic rings. The van der Waals surface area contributed by atoms with E-state index >= 15 is 0 Å². The van der Waals surface area contributed by atoms with E-state index in [1.807, 2.05) is 6.07 Å². The summed E-state index contributed by atoms with van der Waals surface area (Å²) < 4.78 is 0. The molecule has 2 atom stereocenters. The fraction of sp³-hybridized carbons (Fsp3) is 0.667. The molecule has 94 valence electrons. The van der Waals surface area contributed by atoms with Gasteiger partial charge >= 0.3 is 0 Å². The van der Waals surface area contributed by atoms with Gasteiger partial charge in [0.05, 0.1) is 12.6 Å². The van der Waals surface area contributed by atoms with Crippen LogP contribution in [-0.2, 0) is 0 Å². The van der Waals surface area contributed by atoms with Gasteiger partial charge in [0, 0.05) is 24.4 Å². The Morgan fingerprint density at radius 1 is 1.65 bits per heavy atom. The molecule has 2 rings (SSSR count). The molecule has 0 aliphatic carbocycles. The van der Waals surface area contributed by atoms with Gasteiger partial charge in [-0.2, -0.15) is 0 Å². The summed E-state index contributed by atoms with van der Waals surface area (Å²) in [6.07, 6.45) is 4.10. The number of rotatable bonds is 3. The number of aliphatic hydroxyl groups excluding tert-OH is 1. The predicted molar refractivity (Wildman–Crippen MR) is 65.5 cm³/mol. The fourth-order valence-corrected chi connectivity index (χ4v) is 2.28. The highest BCUT2D eigenvalue weighted by Crippen LogP contribution is 2.24. The summed E-state index contributed by atoms with van der Waals surface area (Å²) in [7, 11) is 2.13. The van der Waals surface area contributed by atoms with Crippen molar-refractivity contribution in [3.05, 3.63) is 23.8 Å². The van der Waals surface area contributed by atoms with Crippen molar-refractivity contribution < 1.29 is 5.11 Å². The molecule has 0 amide bonds. The van der Waals surface area contributed by atoms with E-state index in [9.17, 15) is 0 Å². The second kappa shape index (κ2) is 5.53. The number of likely N-dealkylation sites (N-methyl/N-ethyl adjacent to an activating group) is 1. The zero-order chi connectivity index (χ0) is 12.3. The number of nitrogens with zero attached hydrogens (tertiary/aromatic N) is 3. The number of nitrogens with two attached hydrogens (primary N) is 1. The van der Waals surface area contributed by atoms with Crippen LogP contribution in [0.5, 0.6) is 0 Å². The lowest BCUT2D eigenvalue weighted by Crippen LogP contribution is -2.31. The van der Waals surface area contributed by atoms with Crippen LogP contribution < -0.4 is 5.73 Å². The molecule has 0 saturated carbocycles. The smallest absolute Gasteiger partial charge is 0.147 e. The van der Waals surface area contributed by atoms with E-state index in [4.69, 9.17) is 10.8 Å². The highest BCUT2D eigenvalue weighted by Gasteiger charge is 2.21. The van der Waals surface area contributed by atoms with E-state index in [1.165, 1.54) is 6.42 Å². The van der Waals surface area contributed by atoms with Gasteiger partial charge in [0.2, 0.25) is 0 Å². The molecule has 17 heavy (non-hydrogen) atoms. The van der Waals surface area contributed by atoms with Crippen molar-refractivity contribution in [2.45, 2.75) is 24.8 Å². The summed E-state index contributed by atoms with van der Waals surface area (Å²) in [5, 5.41) is 9.02. The molecule has 2 heterocycles. The van der Waals surface area contributed by atoms with Crippen LogP contribution >= 0.6 is 0 Å². The van der Waals surface area contributed by atoms with Gasteiger partial charge in [-0.25, -0.2) is 9.97 Å². The minimum absolute atomic E-state index is 0.117. The van der Waals surface area contributed by atoms with Crippen LogP contribution in [0, 0.1) is 0 Å². The number of likely N-dealkylation sites (tertiary alicyclic amines) is 1. The van der Waals surface area contributed by atoms with E-state index in [-0.39, 0.29) is 6.61 Å². The first-order chi connectivity index (χ1) is 8.20. The van der Waals surface area contributed by atoms with Crippen molar-refractivity contribution >= 4 is 0 Å². The quantitative estimate of drug-likeness (QED) is 0.788. The van der Waals surface area contributed by atoms with Crippen molar-refractivity contribution in [1.82, 2.24) is 14.9 Å². The molecule has 1 aliphatic heterocycles. The minimum Gasteiger partial charge on any atom is -0.394 e. The van der Waals surface area contributed by atoms with Gasteiger partial charge in [0.1, 0.15) is 5.82 Å². The van der Waals surface area contributed by atoms with Gasteiger partial charge in [-0.3, -0.25) is 0 Å². The van der Waals surface area contributed by atoms with Crippen LogP contribution in [-0.4, -0.2) is 46.7 Å². The normalized spacial score (nSPS) is 23.6. The van der Waals surface area contributed by atoms with Crippen LogP contribution in [0.3, 0.4) is 0 Å². The van der Waals surface area contributed by atoms with Crippen molar-refractivity contribution in [3.8, 4) is 0 Å². The van der Waals surface area contributed by atoms with Gasteiger partial charge in [-0.15, -0.1) is 0 Å².